The number of carbonyl (C=O) groups is 1. The van der Waals surface area contributed by atoms with Crippen LogP contribution in [-0.2, 0) is 4.79 Å². The van der Waals surface area contributed by atoms with Gasteiger partial charge in [-0.2, -0.15) is 0 Å². The Balaban J connectivity index is 1.80. The largest absolute Gasteiger partial charge is 0.482 e. The van der Waals surface area contributed by atoms with Gasteiger partial charge in [0.1, 0.15) is 5.75 Å². The maximum atomic E-state index is 11.2. The lowest BCUT2D eigenvalue weighted by molar-refractivity contribution is -0.118. The number of carbonyl (C=O) groups excluding carboxylic acids is 1. The van der Waals surface area contributed by atoms with E-state index in [4.69, 9.17) is 16.3 Å². The van der Waals surface area contributed by atoms with Crippen LogP contribution in [-0.4, -0.2) is 43.6 Å². The van der Waals surface area contributed by atoms with Gasteiger partial charge in [-0.25, -0.2) is 0 Å². The molecule has 0 saturated carbocycles. The summed E-state index contributed by atoms with van der Waals surface area (Å²) < 4.78 is 5.40. The molecule has 0 radical (unpaired) electrons. The number of anilines is 2. The molecule has 2 aliphatic rings. The van der Waals surface area contributed by atoms with E-state index >= 15 is 0 Å². The maximum absolute atomic E-state index is 11.2. The monoisotopic (exact) mass is 281 g/mol. The third-order valence-corrected chi connectivity index (χ3v) is 3.77. The predicted molar refractivity (Wildman–Crippen MR) is 75.1 cm³/mol. The molecule has 1 atom stereocenters. The van der Waals surface area contributed by atoms with Crippen molar-refractivity contribution in [2.24, 2.45) is 0 Å². The number of likely N-dealkylation sites (N-methyl/N-ethyl adjacent to an activating group) is 1. The van der Waals surface area contributed by atoms with Gasteiger partial charge in [-0.1, -0.05) is 11.6 Å². The number of ether oxygens (including phenoxy) is 1. The lowest BCUT2D eigenvalue weighted by atomic mass is 10.2. The van der Waals surface area contributed by atoms with Crippen molar-refractivity contribution in [3.8, 4) is 5.75 Å². The topological polar surface area (TPSA) is 53.6 Å². The van der Waals surface area contributed by atoms with Crippen LogP contribution in [0.3, 0.4) is 0 Å². The molecule has 1 amide bonds. The minimum Gasteiger partial charge on any atom is -0.482 e. The highest BCUT2D eigenvalue weighted by Gasteiger charge is 2.22. The molecule has 0 aromatic heterocycles. The van der Waals surface area contributed by atoms with Crippen LogP contribution in [0, 0.1) is 0 Å². The zero-order valence-corrected chi connectivity index (χ0v) is 11.5. The van der Waals surface area contributed by atoms with Crippen molar-refractivity contribution < 1.29 is 9.53 Å². The van der Waals surface area contributed by atoms with Crippen LogP contribution >= 0.6 is 11.6 Å². The zero-order chi connectivity index (χ0) is 13.4. The van der Waals surface area contributed by atoms with E-state index in [9.17, 15) is 4.79 Å². The summed E-state index contributed by atoms with van der Waals surface area (Å²) in [5.74, 6) is 0.513. The molecular weight excluding hydrogens is 266 g/mol. The molecular formula is C13H16ClN3O2. The molecule has 102 valence electrons. The summed E-state index contributed by atoms with van der Waals surface area (Å²) in [4.78, 5) is 13.5. The van der Waals surface area contributed by atoms with Gasteiger partial charge in [0.25, 0.3) is 5.91 Å². The summed E-state index contributed by atoms with van der Waals surface area (Å²) in [6, 6.07) is 3.99. The second-order valence-corrected chi connectivity index (χ2v) is 5.46. The van der Waals surface area contributed by atoms with Crippen LogP contribution in [0.2, 0.25) is 5.02 Å². The molecule has 6 heteroatoms. The molecule has 1 aromatic rings. The minimum absolute atomic E-state index is 0.0558. The number of halogens is 1. The van der Waals surface area contributed by atoms with Gasteiger partial charge in [0.2, 0.25) is 0 Å². The van der Waals surface area contributed by atoms with Gasteiger partial charge in [0.05, 0.1) is 16.4 Å². The molecule has 2 N–H and O–H groups in total. The second kappa shape index (κ2) is 4.90. The Morgan fingerprint density at radius 1 is 1.53 bits per heavy atom. The van der Waals surface area contributed by atoms with E-state index in [2.05, 4.69) is 22.6 Å². The highest BCUT2D eigenvalue weighted by atomic mass is 35.5. The molecule has 0 aliphatic carbocycles. The van der Waals surface area contributed by atoms with Crippen molar-refractivity contribution in [3.63, 3.8) is 0 Å². The molecule has 0 bridgehead atoms. The number of nitrogens with one attached hydrogen (secondary N) is 2. The fraction of sp³-hybridized carbons (Fsp3) is 0.462. The molecule has 2 aliphatic heterocycles. The average molecular weight is 282 g/mol. The Morgan fingerprint density at radius 3 is 3.11 bits per heavy atom. The first-order chi connectivity index (χ1) is 9.11. The van der Waals surface area contributed by atoms with Crippen molar-refractivity contribution >= 4 is 28.9 Å². The molecule has 0 spiro atoms. The summed E-state index contributed by atoms with van der Waals surface area (Å²) in [5.41, 5.74) is 1.49. The number of nitrogens with zero attached hydrogens (tertiary/aromatic N) is 1. The van der Waals surface area contributed by atoms with Crippen molar-refractivity contribution in [2.45, 2.75) is 12.5 Å². The molecule has 2 heterocycles. The number of hydrogen-bond acceptors (Lipinski definition) is 4. The Hall–Kier alpha value is -1.46. The first kappa shape index (κ1) is 12.6. The van der Waals surface area contributed by atoms with E-state index in [0.29, 0.717) is 22.5 Å². The van der Waals surface area contributed by atoms with Crippen LogP contribution in [0.4, 0.5) is 11.4 Å². The first-order valence-corrected chi connectivity index (χ1v) is 6.71. The van der Waals surface area contributed by atoms with Crippen molar-refractivity contribution in [1.82, 2.24) is 4.90 Å². The third kappa shape index (κ3) is 2.62. The summed E-state index contributed by atoms with van der Waals surface area (Å²) in [6.45, 7) is 2.15. The van der Waals surface area contributed by atoms with Crippen LogP contribution in [0.15, 0.2) is 12.1 Å². The van der Waals surface area contributed by atoms with Crippen LogP contribution < -0.4 is 15.4 Å². The van der Waals surface area contributed by atoms with E-state index in [-0.39, 0.29) is 12.5 Å². The minimum atomic E-state index is -0.151. The summed E-state index contributed by atoms with van der Waals surface area (Å²) in [5, 5.41) is 6.78. The Kier molecular flexibility index (Phi) is 3.24. The van der Waals surface area contributed by atoms with E-state index in [0.717, 1.165) is 25.2 Å². The molecule has 1 fully saturated rings. The van der Waals surface area contributed by atoms with E-state index < -0.39 is 0 Å². The van der Waals surface area contributed by atoms with Crippen molar-refractivity contribution in [2.75, 3.05) is 37.4 Å². The lowest BCUT2D eigenvalue weighted by Gasteiger charge is -2.21. The van der Waals surface area contributed by atoms with Gasteiger partial charge >= 0.3 is 0 Å². The quantitative estimate of drug-likeness (QED) is 0.868. The smallest absolute Gasteiger partial charge is 0.262 e. The van der Waals surface area contributed by atoms with Gasteiger partial charge < -0.3 is 20.3 Å². The highest BCUT2D eigenvalue weighted by Crippen LogP contribution is 2.36. The molecule has 19 heavy (non-hydrogen) atoms. The number of rotatable bonds is 2. The molecule has 3 rings (SSSR count). The van der Waals surface area contributed by atoms with Gasteiger partial charge in [-0.15, -0.1) is 0 Å². The maximum Gasteiger partial charge on any atom is 0.262 e. The second-order valence-electron chi connectivity index (χ2n) is 5.06. The van der Waals surface area contributed by atoms with Crippen molar-refractivity contribution in [1.29, 1.82) is 0 Å². The van der Waals surface area contributed by atoms with Crippen molar-refractivity contribution in [3.05, 3.63) is 17.2 Å². The number of hydrogen-bond donors (Lipinski definition) is 2. The van der Waals surface area contributed by atoms with Crippen LogP contribution in [0.25, 0.3) is 0 Å². The standard InChI is InChI=1S/C13H16ClN3O2/c1-17-3-2-8(6-17)15-10-5-12-11(4-9(10)14)16-13(18)7-19-12/h4-5,8,15H,2-3,6-7H2,1H3,(H,16,18). The number of benzene rings is 1. The first-order valence-electron chi connectivity index (χ1n) is 6.33. The molecule has 1 aromatic carbocycles. The Morgan fingerprint density at radius 2 is 2.37 bits per heavy atom. The summed E-state index contributed by atoms with van der Waals surface area (Å²) in [7, 11) is 2.11. The SMILES string of the molecule is CN1CCC(Nc2cc3c(cc2Cl)NC(=O)CO3)C1. The summed E-state index contributed by atoms with van der Waals surface area (Å²) in [6.07, 6.45) is 1.10. The summed E-state index contributed by atoms with van der Waals surface area (Å²) >= 11 is 6.24. The average Bonchev–Trinajstić information content (AvgIpc) is 2.76. The zero-order valence-electron chi connectivity index (χ0n) is 10.7. The highest BCUT2D eigenvalue weighted by molar-refractivity contribution is 6.33. The lowest BCUT2D eigenvalue weighted by Crippen LogP contribution is -2.26. The number of amides is 1. The third-order valence-electron chi connectivity index (χ3n) is 3.45. The van der Waals surface area contributed by atoms with E-state index in [1.807, 2.05) is 6.07 Å². The predicted octanol–water partition coefficient (Wildman–Crippen LogP) is 1.79. The van der Waals surface area contributed by atoms with E-state index in [1.165, 1.54) is 0 Å². The Labute approximate surface area is 116 Å². The van der Waals surface area contributed by atoms with Crippen LogP contribution in [0.5, 0.6) is 5.75 Å². The fourth-order valence-electron chi connectivity index (χ4n) is 2.48. The van der Waals surface area contributed by atoms with E-state index in [1.54, 1.807) is 6.07 Å². The van der Waals surface area contributed by atoms with Gasteiger partial charge in [0.15, 0.2) is 6.61 Å². The number of likely N-dealkylation sites (tertiary alicyclic amines) is 1. The van der Waals surface area contributed by atoms with Gasteiger partial charge in [-0.05, 0) is 26.1 Å². The van der Waals surface area contributed by atoms with Gasteiger partial charge in [0, 0.05) is 18.7 Å². The molecule has 1 saturated heterocycles. The number of fused-ring (bicyclic) bond motifs is 1. The van der Waals surface area contributed by atoms with Gasteiger partial charge in [-0.3, -0.25) is 4.79 Å². The normalized spacial score (nSPS) is 22.6. The molecule has 1 unspecified atom stereocenters. The van der Waals surface area contributed by atoms with Crippen LogP contribution in [0.1, 0.15) is 6.42 Å². The fourth-order valence-corrected chi connectivity index (χ4v) is 2.70. The molecule has 5 nitrogen and oxygen atoms in total. The Bertz CT molecular complexity index is 521.